The minimum absolute atomic E-state index is 0.0463. The monoisotopic (exact) mass is 1100 g/mol. The molecule has 0 saturated heterocycles. The predicted molar refractivity (Wildman–Crippen MR) is 328 cm³/mol. The molecule has 0 saturated carbocycles. The number of aliphatic hydroxyl groups is 4. The SMILES string of the molecule is CCCCCCCCCCC(O)CN(CCCCSSCCC(NC(=O)CCCCN(CC(O)CCCCCCCC)CC(O)CCCCCCCC)C(=O)N(C)CCN(C)C)CC(O)CCCCCCCCCC. The number of nitrogens with zero attached hydrogens (tertiary/aromatic N) is 4. The van der Waals surface area contributed by atoms with Gasteiger partial charge in [-0.3, -0.25) is 19.4 Å². The second kappa shape index (κ2) is 55.3. The van der Waals surface area contributed by atoms with Crippen molar-refractivity contribution in [2.24, 2.45) is 0 Å². The molecule has 0 fully saturated rings. The van der Waals surface area contributed by atoms with E-state index in [0.29, 0.717) is 52.0 Å². The van der Waals surface area contributed by atoms with E-state index < -0.39 is 18.2 Å². The number of hydrogen-bond acceptors (Lipinski definition) is 11. The summed E-state index contributed by atoms with van der Waals surface area (Å²) in [6.45, 7) is 14.3. The highest BCUT2D eigenvalue weighted by Crippen LogP contribution is 2.25. The maximum atomic E-state index is 13.8. The molecule has 0 heterocycles. The molecule has 448 valence electrons. The van der Waals surface area contributed by atoms with Gasteiger partial charge in [-0.1, -0.05) is 229 Å². The Hall–Kier alpha value is -0.640. The van der Waals surface area contributed by atoms with E-state index in [9.17, 15) is 30.0 Å². The van der Waals surface area contributed by atoms with Gasteiger partial charge in [-0.15, -0.1) is 0 Å². The molecule has 5 atom stereocenters. The number of hydrogen-bond donors (Lipinski definition) is 5. The van der Waals surface area contributed by atoms with Gasteiger partial charge in [0, 0.05) is 64.2 Å². The molecule has 75 heavy (non-hydrogen) atoms. The Labute approximate surface area is 473 Å². The molecule has 13 heteroatoms. The maximum absolute atomic E-state index is 13.8. The van der Waals surface area contributed by atoms with Crippen LogP contribution in [-0.4, -0.2) is 167 Å². The zero-order valence-electron chi connectivity index (χ0n) is 50.5. The minimum atomic E-state index is -0.577. The van der Waals surface area contributed by atoms with Gasteiger partial charge in [-0.2, -0.15) is 0 Å². The number of nitrogens with one attached hydrogen (secondary N) is 1. The van der Waals surface area contributed by atoms with Gasteiger partial charge < -0.3 is 35.5 Å². The Morgan fingerprint density at radius 1 is 0.387 bits per heavy atom. The summed E-state index contributed by atoms with van der Waals surface area (Å²) in [4.78, 5) is 35.6. The second-order valence-electron chi connectivity index (χ2n) is 23.1. The van der Waals surface area contributed by atoms with Crippen molar-refractivity contribution in [1.29, 1.82) is 0 Å². The molecule has 11 nitrogen and oxygen atoms in total. The van der Waals surface area contributed by atoms with Crippen LogP contribution < -0.4 is 5.32 Å². The molecule has 0 radical (unpaired) electrons. The molecular formula is C62H127N5O6S2. The highest BCUT2D eigenvalue weighted by atomic mass is 33.1. The van der Waals surface area contributed by atoms with Crippen LogP contribution in [0.15, 0.2) is 0 Å². The van der Waals surface area contributed by atoms with Crippen molar-refractivity contribution < 1.29 is 30.0 Å². The third-order valence-corrected chi connectivity index (χ3v) is 17.5. The van der Waals surface area contributed by atoms with Crippen LogP contribution in [0.1, 0.15) is 272 Å². The fraction of sp³-hybridized carbons (Fsp3) is 0.968. The lowest BCUT2D eigenvalue weighted by Crippen LogP contribution is -2.48. The van der Waals surface area contributed by atoms with Crippen molar-refractivity contribution in [2.75, 3.05) is 85.0 Å². The molecule has 0 aliphatic heterocycles. The van der Waals surface area contributed by atoms with Crippen molar-refractivity contribution >= 4 is 33.4 Å². The summed E-state index contributed by atoms with van der Waals surface area (Å²) < 4.78 is 0. The number of amides is 2. The molecule has 0 aliphatic carbocycles. The Morgan fingerprint density at radius 3 is 1.08 bits per heavy atom. The molecule has 0 aromatic rings. The van der Waals surface area contributed by atoms with E-state index in [2.05, 4.69) is 47.7 Å². The van der Waals surface area contributed by atoms with Gasteiger partial charge in [0.05, 0.1) is 24.4 Å². The van der Waals surface area contributed by atoms with E-state index in [1.165, 1.54) is 141 Å². The second-order valence-corrected chi connectivity index (χ2v) is 25.8. The van der Waals surface area contributed by atoms with E-state index in [1.54, 1.807) is 15.7 Å². The van der Waals surface area contributed by atoms with Gasteiger partial charge in [0.15, 0.2) is 0 Å². The third kappa shape index (κ3) is 50.1. The average molecular weight is 1100 g/mol. The van der Waals surface area contributed by atoms with Crippen molar-refractivity contribution in [3.8, 4) is 0 Å². The largest absolute Gasteiger partial charge is 0.392 e. The first-order chi connectivity index (χ1) is 36.4. The Bertz CT molecular complexity index is 1180. The quantitative estimate of drug-likeness (QED) is 0.0294. The van der Waals surface area contributed by atoms with Gasteiger partial charge in [-0.05, 0) is 85.0 Å². The summed E-state index contributed by atoms with van der Waals surface area (Å²) in [5.41, 5.74) is 0. The van der Waals surface area contributed by atoms with Crippen LogP contribution >= 0.6 is 21.6 Å². The lowest BCUT2D eigenvalue weighted by atomic mass is 10.0. The van der Waals surface area contributed by atoms with Crippen LogP contribution in [0.4, 0.5) is 0 Å². The van der Waals surface area contributed by atoms with E-state index in [-0.39, 0.29) is 24.0 Å². The Balaban J connectivity index is 5.22. The summed E-state index contributed by atoms with van der Waals surface area (Å²) in [7, 11) is 9.43. The van der Waals surface area contributed by atoms with Crippen LogP contribution in [0.2, 0.25) is 0 Å². The lowest BCUT2D eigenvalue weighted by Gasteiger charge is -2.28. The van der Waals surface area contributed by atoms with Crippen molar-refractivity contribution in [1.82, 2.24) is 24.9 Å². The van der Waals surface area contributed by atoms with Crippen LogP contribution in [-0.2, 0) is 9.59 Å². The van der Waals surface area contributed by atoms with E-state index in [1.807, 2.05) is 31.9 Å². The van der Waals surface area contributed by atoms with E-state index in [0.717, 1.165) is 115 Å². The zero-order valence-corrected chi connectivity index (χ0v) is 52.2. The van der Waals surface area contributed by atoms with Crippen LogP contribution in [0.3, 0.4) is 0 Å². The maximum Gasteiger partial charge on any atom is 0.244 e. The molecule has 2 amide bonds. The standard InChI is InChI=1S/C62H127N5O6S2/c1-8-12-16-20-24-26-30-34-42-58(70)54-67(55-59(71)43-35-31-27-25-21-17-13-9-2)47-38-39-50-74-75-51-45-60(62(73)65(7)49-48-64(5)6)63-61(72)44-36-37-46-66(52-56(68)40-32-28-22-18-14-10-3)53-57(69)41-33-29-23-19-15-11-4/h56-60,68-71H,8-55H2,1-7H3,(H,63,72). The highest BCUT2D eigenvalue weighted by Gasteiger charge is 2.24. The topological polar surface area (TPSA) is 140 Å². The summed E-state index contributed by atoms with van der Waals surface area (Å²) in [6, 6.07) is -0.577. The third-order valence-electron chi connectivity index (χ3n) is 15.0. The number of aliphatic hydroxyl groups excluding tert-OH is 4. The summed E-state index contributed by atoms with van der Waals surface area (Å²) >= 11 is 0. The zero-order chi connectivity index (χ0) is 55.4. The lowest BCUT2D eigenvalue weighted by molar-refractivity contribution is -0.135. The fourth-order valence-corrected chi connectivity index (χ4v) is 12.3. The van der Waals surface area contributed by atoms with Gasteiger partial charge in [0.1, 0.15) is 6.04 Å². The molecule has 5 unspecified atom stereocenters. The molecular weight excluding hydrogens is 975 g/mol. The van der Waals surface area contributed by atoms with Crippen LogP contribution in [0, 0.1) is 0 Å². The molecule has 0 aromatic carbocycles. The molecule has 0 aliphatic rings. The molecule has 5 N–H and O–H groups in total. The normalized spacial score (nSPS) is 14.0. The van der Waals surface area contributed by atoms with Gasteiger partial charge >= 0.3 is 0 Å². The number of rotatable bonds is 59. The van der Waals surface area contributed by atoms with Gasteiger partial charge in [0.25, 0.3) is 0 Å². The molecule has 0 bridgehead atoms. The van der Waals surface area contributed by atoms with E-state index in [4.69, 9.17) is 0 Å². The van der Waals surface area contributed by atoms with Gasteiger partial charge in [-0.25, -0.2) is 0 Å². The van der Waals surface area contributed by atoms with Crippen LogP contribution in [0.25, 0.3) is 0 Å². The fourth-order valence-electron chi connectivity index (χ4n) is 10.1. The first-order valence-corrected chi connectivity index (χ1v) is 34.5. The minimum Gasteiger partial charge on any atom is -0.392 e. The van der Waals surface area contributed by atoms with Crippen molar-refractivity contribution in [3.63, 3.8) is 0 Å². The molecule has 0 spiro atoms. The van der Waals surface area contributed by atoms with Crippen molar-refractivity contribution in [2.45, 2.75) is 302 Å². The summed E-state index contributed by atoms with van der Waals surface area (Å²) in [6.07, 6.45) is 40.6. The first kappa shape index (κ1) is 74.4. The molecule has 0 aromatic heterocycles. The Kier molecular flexibility index (Phi) is 54.8. The summed E-state index contributed by atoms with van der Waals surface area (Å²) in [5, 5.41) is 47.3. The van der Waals surface area contributed by atoms with E-state index >= 15 is 0 Å². The molecule has 0 rings (SSSR count). The highest BCUT2D eigenvalue weighted by molar-refractivity contribution is 8.76. The number of carbonyl (C=O) groups is 2. The Morgan fingerprint density at radius 2 is 0.720 bits per heavy atom. The van der Waals surface area contributed by atoms with Crippen molar-refractivity contribution in [3.05, 3.63) is 0 Å². The average Bonchev–Trinajstić information content (AvgIpc) is 3.38. The smallest absolute Gasteiger partial charge is 0.244 e. The van der Waals surface area contributed by atoms with Gasteiger partial charge in [0.2, 0.25) is 11.8 Å². The summed E-state index contributed by atoms with van der Waals surface area (Å²) in [5.74, 6) is 1.59. The van der Waals surface area contributed by atoms with Crippen LogP contribution in [0.5, 0.6) is 0 Å². The predicted octanol–water partition coefficient (Wildman–Crippen LogP) is 13.8. The number of likely N-dealkylation sites (N-methyl/N-ethyl adjacent to an activating group) is 2. The number of carbonyl (C=O) groups excluding carboxylic acids is 2. The first-order valence-electron chi connectivity index (χ1n) is 32.0. The number of unbranched alkanes of at least 4 members (excludes halogenated alkanes) is 26.